The lowest BCUT2D eigenvalue weighted by atomic mass is 10.1. The average Bonchev–Trinajstić information content (AvgIpc) is 2.52. The van der Waals surface area contributed by atoms with Crippen molar-refractivity contribution in [1.29, 1.82) is 0 Å². The molecule has 0 amide bonds. The number of unbranched alkanes of at least 4 members (excludes halogenated alkanes) is 6. The van der Waals surface area contributed by atoms with E-state index in [0.29, 0.717) is 25.9 Å². The topological polar surface area (TPSA) is 52.6 Å². The summed E-state index contributed by atoms with van der Waals surface area (Å²) in [4.78, 5) is 23.2. The maximum absolute atomic E-state index is 11.6. The smallest absolute Gasteiger partial charge is 0.306 e. The van der Waals surface area contributed by atoms with Crippen LogP contribution in [0.25, 0.3) is 0 Å². The molecule has 0 aliphatic rings. The fourth-order valence-corrected chi connectivity index (χ4v) is 2.35. The first kappa shape index (κ1) is 21.9. The summed E-state index contributed by atoms with van der Waals surface area (Å²) >= 11 is 0. The summed E-state index contributed by atoms with van der Waals surface area (Å²) in [7, 11) is 0. The molecule has 0 N–H and O–H groups in total. The lowest BCUT2D eigenvalue weighted by Crippen LogP contribution is -2.15. The molecule has 136 valence electrons. The van der Waals surface area contributed by atoms with Gasteiger partial charge < -0.3 is 9.47 Å². The average molecular weight is 328 g/mol. The second-order valence-corrected chi connectivity index (χ2v) is 6.28. The molecule has 1 atom stereocenters. The van der Waals surface area contributed by atoms with Gasteiger partial charge >= 0.3 is 11.9 Å². The van der Waals surface area contributed by atoms with E-state index in [9.17, 15) is 9.59 Å². The van der Waals surface area contributed by atoms with E-state index in [1.54, 1.807) is 0 Å². The van der Waals surface area contributed by atoms with E-state index in [0.717, 1.165) is 32.1 Å². The van der Waals surface area contributed by atoms with Gasteiger partial charge in [-0.3, -0.25) is 9.59 Å². The van der Waals surface area contributed by atoms with E-state index in [2.05, 4.69) is 13.8 Å². The van der Waals surface area contributed by atoms with Gasteiger partial charge in [-0.2, -0.15) is 0 Å². The van der Waals surface area contributed by atoms with Gasteiger partial charge in [-0.1, -0.05) is 58.8 Å². The number of hydrogen-bond acceptors (Lipinski definition) is 4. The minimum absolute atomic E-state index is 0.0258. The molecule has 0 radical (unpaired) electrons. The fourth-order valence-electron chi connectivity index (χ4n) is 2.35. The summed E-state index contributed by atoms with van der Waals surface area (Å²) in [6.07, 6.45) is 11.2. The van der Waals surface area contributed by atoms with E-state index < -0.39 is 0 Å². The highest BCUT2D eigenvalue weighted by molar-refractivity contribution is 5.72. The van der Waals surface area contributed by atoms with Crippen LogP contribution in [0.3, 0.4) is 0 Å². The third-order valence-electron chi connectivity index (χ3n) is 3.82. The van der Waals surface area contributed by atoms with Crippen molar-refractivity contribution < 1.29 is 19.1 Å². The Morgan fingerprint density at radius 3 is 2.09 bits per heavy atom. The molecule has 0 aliphatic heterocycles. The molecular formula is C19H36O4. The molecule has 0 rings (SSSR count). The van der Waals surface area contributed by atoms with Gasteiger partial charge in [-0.05, 0) is 26.2 Å². The molecular weight excluding hydrogens is 292 g/mol. The molecule has 0 aliphatic carbocycles. The molecule has 0 saturated heterocycles. The summed E-state index contributed by atoms with van der Waals surface area (Å²) in [5.74, 6) is -0.414. The molecule has 23 heavy (non-hydrogen) atoms. The van der Waals surface area contributed by atoms with Crippen LogP contribution in [0.15, 0.2) is 0 Å². The molecule has 0 spiro atoms. The van der Waals surface area contributed by atoms with Gasteiger partial charge in [0.25, 0.3) is 0 Å². The van der Waals surface area contributed by atoms with Crippen molar-refractivity contribution in [1.82, 2.24) is 0 Å². The second-order valence-electron chi connectivity index (χ2n) is 6.28. The Bertz CT molecular complexity index is 302. The normalized spacial score (nSPS) is 12.0. The van der Waals surface area contributed by atoms with Crippen LogP contribution < -0.4 is 0 Å². The predicted octanol–water partition coefficient (Wildman–Crippen LogP) is 5.18. The van der Waals surface area contributed by atoms with E-state index >= 15 is 0 Å². The van der Waals surface area contributed by atoms with Crippen LogP contribution in [0.2, 0.25) is 0 Å². The number of hydrogen-bond donors (Lipinski definition) is 0. The zero-order valence-corrected chi connectivity index (χ0v) is 15.4. The van der Waals surface area contributed by atoms with Gasteiger partial charge in [0.1, 0.15) is 0 Å². The molecule has 0 heterocycles. The summed E-state index contributed by atoms with van der Waals surface area (Å²) in [5, 5.41) is 0. The molecule has 0 fully saturated rings. The second kappa shape index (κ2) is 15.8. The Hall–Kier alpha value is -1.06. The van der Waals surface area contributed by atoms with Gasteiger partial charge in [0, 0.05) is 12.8 Å². The zero-order valence-electron chi connectivity index (χ0n) is 15.4. The van der Waals surface area contributed by atoms with Crippen LogP contribution >= 0.6 is 0 Å². The Kier molecular flexibility index (Phi) is 15.1. The highest BCUT2D eigenvalue weighted by Gasteiger charge is 2.10. The lowest BCUT2D eigenvalue weighted by molar-refractivity contribution is -0.149. The van der Waals surface area contributed by atoms with Crippen LogP contribution in [-0.4, -0.2) is 24.6 Å². The van der Waals surface area contributed by atoms with Crippen molar-refractivity contribution in [3.8, 4) is 0 Å². The minimum Gasteiger partial charge on any atom is -0.466 e. The molecule has 0 bridgehead atoms. The van der Waals surface area contributed by atoms with Crippen molar-refractivity contribution in [3.05, 3.63) is 0 Å². The Morgan fingerprint density at radius 2 is 1.39 bits per heavy atom. The number of esters is 2. The van der Waals surface area contributed by atoms with Crippen LogP contribution in [0.4, 0.5) is 0 Å². The van der Waals surface area contributed by atoms with Crippen molar-refractivity contribution in [3.63, 3.8) is 0 Å². The highest BCUT2D eigenvalue weighted by atomic mass is 16.5. The third-order valence-corrected chi connectivity index (χ3v) is 3.82. The molecule has 1 unspecified atom stereocenters. The predicted molar refractivity (Wildman–Crippen MR) is 93.3 cm³/mol. The number of rotatable bonds is 15. The first-order chi connectivity index (χ1) is 11.1. The Morgan fingerprint density at radius 1 is 0.783 bits per heavy atom. The summed E-state index contributed by atoms with van der Waals surface area (Å²) < 4.78 is 10.5. The maximum atomic E-state index is 11.6. The largest absolute Gasteiger partial charge is 0.466 e. The fraction of sp³-hybridized carbons (Fsp3) is 0.895. The van der Waals surface area contributed by atoms with E-state index in [1.165, 1.54) is 25.7 Å². The first-order valence-corrected chi connectivity index (χ1v) is 9.45. The molecule has 0 aromatic heterocycles. The number of carbonyl (C=O) groups is 2. The lowest BCUT2D eigenvalue weighted by Gasteiger charge is -2.12. The summed E-state index contributed by atoms with van der Waals surface area (Å²) in [5.41, 5.74) is 0. The van der Waals surface area contributed by atoms with E-state index in [1.807, 2.05) is 6.92 Å². The SMILES string of the molecule is CCCCCCCCOC(=O)CCCC(=O)OC(C)CCCC. The van der Waals surface area contributed by atoms with Gasteiger partial charge in [0.2, 0.25) is 0 Å². The molecule has 0 aromatic carbocycles. The molecule has 0 aromatic rings. The van der Waals surface area contributed by atoms with Crippen LogP contribution in [0, 0.1) is 0 Å². The Labute approximate surface area is 142 Å². The third kappa shape index (κ3) is 15.6. The number of ether oxygens (including phenoxy) is 2. The standard InChI is InChI=1S/C19H36O4/c1-4-6-8-9-10-11-16-22-18(20)14-12-15-19(21)23-17(3)13-7-5-2/h17H,4-16H2,1-3H3. The molecule has 4 nitrogen and oxygen atoms in total. The Balaban J connectivity index is 3.46. The van der Waals surface area contributed by atoms with Gasteiger partial charge in [-0.15, -0.1) is 0 Å². The van der Waals surface area contributed by atoms with E-state index in [4.69, 9.17) is 9.47 Å². The van der Waals surface area contributed by atoms with Crippen molar-refractivity contribution in [2.24, 2.45) is 0 Å². The monoisotopic (exact) mass is 328 g/mol. The quantitative estimate of drug-likeness (QED) is 0.307. The highest BCUT2D eigenvalue weighted by Crippen LogP contribution is 2.08. The molecule has 0 saturated carbocycles. The van der Waals surface area contributed by atoms with Gasteiger partial charge in [0.15, 0.2) is 0 Å². The van der Waals surface area contributed by atoms with Gasteiger partial charge in [0.05, 0.1) is 12.7 Å². The van der Waals surface area contributed by atoms with Crippen LogP contribution in [-0.2, 0) is 19.1 Å². The molecule has 4 heteroatoms. The van der Waals surface area contributed by atoms with Crippen molar-refractivity contribution >= 4 is 11.9 Å². The summed E-state index contributed by atoms with van der Waals surface area (Å²) in [6, 6.07) is 0. The number of carbonyl (C=O) groups excluding carboxylic acids is 2. The van der Waals surface area contributed by atoms with Crippen molar-refractivity contribution in [2.75, 3.05) is 6.61 Å². The van der Waals surface area contributed by atoms with Gasteiger partial charge in [-0.25, -0.2) is 0 Å². The first-order valence-electron chi connectivity index (χ1n) is 9.45. The van der Waals surface area contributed by atoms with Crippen LogP contribution in [0.5, 0.6) is 0 Å². The van der Waals surface area contributed by atoms with Crippen LogP contribution in [0.1, 0.15) is 97.8 Å². The van der Waals surface area contributed by atoms with E-state index in [-0.39, 0.29) is 18.0 Å². The maximum Gasteiger partial charge on any atom is 0.306 e. The van der Waals surface area contributed by atoms with Crippen molar-refractivity contribution in [2.45, 2.75) is 104 Å². The minimum atomic E-state index is -0.211. The summed E-state index contributed by atoms with van der Waals surface area (Å²) in [6.45, 7) is 6.74. The zero-order chi connectivity index (χ0) is 17.3.